The standard InChI is InChI=1S/C14H23N3O.BrH/c1-10(2)18-13-8-6-7-12(9-13)11(3)17-14(15-4)16-5;/h6-11H,1-5H3,(H2,15,16,17);1H. The van der Waals surface area contributed by atoms with Crippen LogP contribution in [0.3, 0.4) is 0 Å². The first-order chi connectivity index (χ1) is 8.56. The van der Waals surface area contributed by atoms with Crippen LogP contribution >= 0.6 is 17.0 Å². The van der Waals surface area contributed by atoms with Gasteiger partial charge in [0.05, 0.1) is 12.1 Å². The van der Waals surface area contributed by atoms with Gasteiger partial charge in [0.15, 0.2) is 5.96 Å². The number of rotatable bonds is 4. The SMILES string of the molecule is Br.CN=C(NC)NC(C)c1cccc(OC(C)C)c1. The molecule has 1 atom stereocenters. The number of aliphatic imine (C=N–C) groups is 1. The first-order valence-electron chi connectivity index (χ1n) is 6.24. The molecule has 0 aliphatic rings. The maximum absolute atomic E-state index is 5.69. The van der Waals surface area contributed by atoms with E-state index in [0.29, 0.717) is 0 Å². The van der Waals surface area contributed by atoms with Crippen molar-refractivity contribution in [3.05, 3.63) is 29.8 Å². The maximum atomic E-state index is 5.69. The molecule has 0 aliphatic heterocycles. The minimum absolute atomic E-state index is 0. The number of nitrogens with zero attached hydrogens (tertiary/aromatic N) is 1. The molecular weight excluding hydrogens is 306 g/mol. The Morgan fingerprint density at radius 3 is 2.47 bits per heavy atom. The zero-order valence-electron chi connectivity index (χ0n) is 12.2. The van der Waals surface area contributed by atoms with Crippen molar-refractivity contribution in [3.8, 4) is 5.75 Å². The molecule has 0 aromatic heterocycles. The third-order valence-corrected chi connectivity index (χ3v) is 2.54. The molecule has 1 aromatic rings. The Hall–Kier alpha value is -1.23. The van der Waals surface area contributed by atoms with E-state index in [2.05, 4.69) is 34.7 Å². The third-order valence-electron chi connectivity index (χ3n) is 2.54. The second kappa shape index (κ2) is 8.80. The van der Waals surface area contributed by atoms with Crippen molar-refractivity contribution in [1.82, 2.24) is 10.6 Å². The van der Waals surface area contributed by atoms with Gasteiger partial charge in [-0.3, -0.25) is 4.99 Å². The molecule has 0 fully saturated rings. The normalized spacial score (nSPS) is 12.6. The molecule has 0 aliphatic carbocycles. The summed E-state index contributed by atoms with van der Waals surface area (Å²) < 4.78 is 5.69. The molecule has 0 spiro atoms. The highest BCUT2D eigenvalue weighted by Gasteiger charge is 2.08. The monoisotopic (exact) mass is 329 g/mol. The average Bonchev–Trinajstić information content (AvgIpc) is 2.35. The van der Waals surface area contributed by atoms with Crippen LogP contribution in [0.4, 0.5) is 0 Å². The first kappa shape index (κ1) is 17.8. The molecule has 4 nitrogen and oxygen atoms in total. The number of hydrogen-bond donors (Lipinski definition) is 2. The van der Waals surface area contributed by atoms with Crippen LogP contribution in [0.2, 0.25) is 0 Å². The first-order valence-corrected chi connectivity index (χ1v) is 6.24. The van der Waals surface area contributed by atoms with Crippen LogP contribution in [0.25, 0.3) is 0 Å². The molecule has 108 valence electrons. The molecule has 0 saturated carbocycles. The molecule has 0 radical (unpaired) electrons. The Labute approximate surface area is 126 Å². The summed E-state index contributed by atoms with van der Waals surface area (Å²) in [4.78, 5) is 4.11. The zero-order chi connectivity index (χ0) is 13.5. The molecule has 1 aromatic carbocycles. The number of ether oxygens (including phenoxy) is 1. The van der Waals surface area contributed by atoms with Crippen molar-refractivity contribution >= 4 is 22.9 Å². The second-order valence-corrected chi connectivity index (χ2v) is 4.43. The molecule has 1 rings (SSSR count). The number of benzene rings is 1. The van der Waals surface area contributed by atoms with Crippen molar-refractivity contribution < 1.29 is 4.74 Å². The molecule has 0 heterocycles. The topological polar surface area (TPSA) is 45.7 Å². The van der Waals surface area contributed by atoms with Gasteiger partial charge in [-0.2, -0.15) is 0 Å². The van der Waals surface area contributed by atoms with Crippen LogP contribution in [-0.4, -0.2) is 26.2 Å². The van der Waals surface area contributed by atoms with E-state index < -0.39 is 0 Å². The van der Waals surface area contributed by atoms with E-state index >= 15 is 0 Å². The predicted molar refractivity (Wildman–Crippen MR) is 86.5 cm³/mol. The van der Waals surface area contributed by atoms with E-state index in [-0.39, 0.29) is 29.1 Å². The quantitative estimate of drug-likeness (QED) is 0.659. The Morgan fingerprint density at radius 2 is 1.95 bits per heavy atom. The summed E-state index contributed by atoms with van der Waals surface area (Å²) in [6.45, 7) is 6.14. The molecule has 0 saturated heterocycles. The van der Waals surface area contributed by atoms with Crippen LogP contribution in [0.5, 0.6) is 5.75 Å². The van der Waals surface area contributed by atoms with Gasteiger partial charge in [0.25, 0.3) is 0 Å². The summed E-state index contributed by atoms with van der Waals surface area (Å²) >= 11 is 0. The third kappa shape index (κ3) is 5.96. The van der Waals surface area contributed by atoms with Crippen molar-refractivity contribution in [3.63, 3.8) is 0 Å². The molecule has 2 N–H and O–H groups in total. The fourth-order valence-corrected chi connectivity index (χ4v) is 1.67. The predicted octanol–water partition coefficient (Wildman–Crippen LogP) is 2.91. The van der Waals surface area contributed by atoms with Gasteiger partial charge in [0.2, 0.25) is 0 Å². The summed E-state index contributed by atoms with van der Waals surface area (Å²) in [7, 11) is 3.60. The minimum atomic E-state index is 0. The molecule has 0 amide bonds. The summed E-state index contributed by atoms with van der Waals surface area (Å²) in [6.07, 6.45) is 0.189. The summed E-state index contributed by atoms with van der Waals surface area (Å²) in [5.74, 6) is 1.67. The van der Waals surface area contributed by atoms with Crippen molar-refractivity contribution in [2.24, 2.45) is 4.99 Å². The average molecular weight is 330 g/mol. The molecule has 19 heavy (non-hydrogen) atoms. The van der Waals surface area contributed by atoms with Crippen LogP contribution in [0.1, 0.15) is 32.4 Å². The second-order valence-electron chi connectivity index (χ2n) is 4.43. The van der Waals surface area contributed by atoms with Crippen LogP contribution < -0.4 is 15.4 Å². The minimum Gasteiger partial charge on any atom is -0.491 e. The lowest BCUT2D eigenvalue weighted by atomic mass is 10.1. The highest BCUT2D eigenvalue weighted by molar-refractivity contribution is 8.93. The molecule has 0 bridgehead atoms. The lowest BCUT2D eigenvalue weighted by molar-refractivity contribution is 0.242. The van der Waals surface area contributed by atoms with Gasteiger partial charge in [-0.15, -0.1) is 17.0 Å². The van der Waals surface area contributed by atoms with E-state index in [4.69, 9.17) is 4.74 Å². The van der Waals surface area contributed by atoms with Gasteiger partial charge in [-0.25, -0.2) is 0 Å². The van der Waals surface area contributed by atoms with E-state index in [1.54, 1.807) is 7.05 Å². The Balaban J connectivity index is 0.00000324. The molecular formula is C14H24BrN3O. The van der Waals surface area contributed by atoms with Gasteiger partial charge in [-0.1, -0.05) is 12.1 Å². The van der Waals surface area contributed by atoms with Gasteiger partial charge in [0.1, 0.15) is 5.75 Å². The van der Waals surface area contributed by atoms with E-state index in [1.165, 1.54) is 5.56 Å². The molecule has 1 unspecified atom stereocenters. The van der Waals surface area contributed by atoms with Crippen LogP contribution in [-0.2, 0) is 0 Å². The number of nitrogens with one attached hydrogen (secondary N) is 2. The fourth-order valence-electron chi connectivity index (χ4n) is 1.67. The largest absolute Gasteiger partial charge is 0.491 e. The van der Waals surface area contributed by atoms with Crippen LogP contribution in [0.15, 0.2) is 29.3 Å². The van der Waals surface area contributed by atoms with Crippen molar-refractivity contribution in [1.29, 1.82) is 0 Å². The van der Waals surface area contributed by atoms with Crippen molar-refractivity contribution in [2.75, 3.05) is 14.1 Å². The van der Waals surface area contributed by atoms with E-state index in [1.807, 2.05) is 33.0 Å². The highest BCUT2D eigenvalue weighted by Crippen LogP contribution is 2.19. The Bertz CT molecular complexity index is 407. The maximum Gasteiger partial charge on any atom is 0.191 e. The molecule has 5 heteroatoms. The lowest BCUT2D eigenvalue weighted by Gasteiger charge is -2.18. The summed E-state index contributed by atoms with van der Waals surface area (Å²) in [5.41, 5.74) is 1.17. The number of hydrogen-bond acceptors (Lipinski definition) is 2. The van der Waals surface area contributed by atoms with Crippen LogP contribution in [0, 0.1) is 0 Å². The summed E-state index contributed by atoms with van der Waals surface area (Å²) in [5, 5.41) is 6.30. The van der Waals surface area contributed by atoms with Gasteiger partial charge in [-0.05, 0) is 38.5 Å². The van der Waals surface area contributed by atoms with Gasteiger partial charge >= 0.3 is 0 Å². The summed E-state index contributed by atoms with van der Waals surface area (Å²) in [6, 6.07) is 8.29. The van der Waals surface area contributed by atoms with E-state index in [0.717, 1.165) is 11.7 Å². The van der Waals surface area contributed by atoms with E-state index in [9.17, 15) is 0 Å². The smallest absolute Gasteiger partial charge is 0.191 e. The zero-order valence-corrected chi connectivity index (χ0v) is 13.9. The van der Waals surface area contributed by atoms with Crippen molar-refractivity contribution in [2.45, 2.75) is 32.9 Å². The number of halogens is 1. The fraction of sp³-hybridized carbons (Fsp3) is 0.500. The Kier molecular flexibility index (Phi) is 8.23. The lowest BCUT2D eigenvalue weighted by Crippen LogP contribution is -2.36. The highest BCUT2D eigenvalue weighted by atomic mass is 79.9. The van der Waals surface area contributed by atoms with Gasteiger partial charge < -0.3 is 15.4 Å². The number of guanidine groups is 1. The van der Waals surface area contributed by atoms with Gasteiger partial charge in [0, 0.05) is 14.1 Å². The Morgan fingerprint density at radius 1 is 1.26 bits per heavy atom.